The van der Waals surface area contributed by atoms with Crippen LogP contribution in [0.25, 0.3) is 21.9 Å². The van der Waals surface area contributed by atoms with E-state index in [1.165, 1.54) is 30.1 Å². The Morgan fingerprint density at radius 2 is 1.77 bits per heavy atom. The molecule has 0 aliphatic rings. The summed E-state index contributed by atoms with van der Waals surface area (Å²) in [5.41, 5.74) is 2.08. The second-order valence-electron chi connectivity index (χ2n) is 6.90. The first-order valence-corrected chi connectivity index (χ1v) is 11.0. The zero-order valence-electron chi connectivity index (χ0n) is 17.7. The Morgan fingerprint density at radius 1 is 1.13 bits per heavy atom. The Morgan fingerprint density at radius 3 is 2.33 bits per heavy atom. The zero-order chi connectivity index (χ0) is 22.1. The predicted molar refractivity (Wildman–Crippen MR) is 116 cm³/mol. The molecular weight excluding hydrogens is 406 g/mol. The number of aryl methyl sites for hydroxylation is 1. The topological polar surface area (TPSA) is 90.7 Å². The number of benzene rings is 1. The van der Waals surface area contributed by atoms with Gasteiger partial charge in [-0.05, 0) is 36.1 Å². The van der Waals surface area contributed by atoms with Crippen molar-refractivity contribution in [2.24, 2.45) is 7.05 Å². The van der Waals surface area contributed by atoms with E-state index in [9.17, 15) is 13.2 Å². The van der Waals surface area contributed by atoms with Gasteiger partial charge in [0.1, 0.15) is 11.5 Å². The third-order valence-electron chi connectivity index (χ3n) is 5.12. The Bertz CT molecular complexity index is 1230. The smallest absolute Gasteiger partial charge is 0.259 e. The van der Waals surface area contributed by atoms with Gasteiger partial charge >= 0.3 is 0 Å². The highest BCUT2D eigenvalue weighted by Crippen LogP contribution is 2.37. The zero-order valence-corrected chi connectivity index (χ0v) is 18.5. The fraction of sp³-hybridized carbons (Fsp3) is 0.333. The van der Waals surface area contributed by atoms with Gasteiger partial charge in [0.2, 0.25) is 10.0 Å². The lowest BCUT2D eigenvalue weighted by Crippen LogP contribution is -2.28. The van der Waals surface area contributed by atoms with E-state index in [1.54, 1.807) is 38.6 Å². The summed E-state index contributed by atoms with van der Waals surface area (Å²) in [6, 6.07) is 5.44. The van der Waals surface area contributed by atoms with Crippen molar-refractivity contribution in [1.82, 2.24) is 13.9 Å². The number of methoxy groups -OCH3 is 2. The molecule has 0 fully saturated rings. The molecule has 0 radical (unpaired) electrons. The molecule has 30 heavy (non-hydrogen) atoms. The van der Waals surface area contributed by atoms with Crippen molar-refractivity contribution < 1.29 is 17.9 Å². The number of nitrogens with zero attached hydrogens (tertiary/aromatic N) is 3. The van der Waals surface area contributed by atoms with Crippen LogP contribution in [0.1, 0.15) is 12.5 Å². The van der Waals surface area contributed by atoms with Crippen molar-refractivity contribution in [3.05, 3.63) is 52.7 Å². The summed E-state index contributed by atoms with van der Waals surface area (Å²) in [6.07, 6.45) is 4.94. The van der Waals surface area contributed by atoms with E-state index < -0.39 is 10.0 Å². The Labute approximate surface area is 175 Å². The van der Waals surface area contributed by atoms with Crippen molar-refractivity contribution in [1.29, 1.82) is 0 Å². The maximum Gasteiger partial charge on any atom is 0.259 e. The molecule has 0 saturated heterocycles. The molecule has 9 heteroatoms. The molecule has 0 saturated carbocycles. The average molecular weight is 432 g/mol. The van der Waals surface area contributed by atoms with E-state index in [1.807, 2.05) is 12.1 Å². The minimum absolute atomic E-state index is 0.00425. The molecule has 2 heterocycles. The molecule has 3 aromatic rings. The van der Waals surface area contributed by atoms with E-state index in [0.29, 0.717) is 22.4 Å². The summed E-state index contributed by atoms with van der Waals surface area (Å²) in [4.78, 5) is 16.5. The number of hydrogen-bond acceptors (Lipinski definition) is 6. The highest BCUT2D eigenvalue weighted by atomic mass is 32.2. The normalized spacial score (nSPS) is 11.8. The first-order valence-electron chi connectivity index (χ1n) is 9.36. The van der Waals surface area contributed by atoms with Gasteiger partial charge in [-0.15, -0.1) is 0 Å². The van der Waals surface area contributed by atoms with Crippen LogP contribution in [0.3, 0.4) is 0 Å². The first kappa shape index (κ1) is 21.8. The molecule has 0 unspecified atom stereocenters. The summed E-state index contributed by atoms with van der Waals surface area (Å²) < 4.78 is 38.4. The van der Waals surface area contributed by atoms with Gasteiger partial charge in [0, 0.05) is 44.8 Å². The van der Waals surface area contributed by atoms with Crippen LogP contribution < -0.4 is 15.0 Å². The van der Waals surface area contributed by atoms with Crippen molar-refractivity contribution in [3.8, 4) is 22.6 Å². The fourth-order valence-electron chi connectivity index (χ4n) is 3.38. The summed E-state index contributed by atoms with van der Waals surface area (Å²) in [5, 5.41) is 1.27. The van der Waals surface area contributed by atoms with Gasteiger partial charge in [-0.3, -0.25) is 9.78 Å². The van der Waals surface area contributed by atoms with Crippen LogP contribution in [0, 0.1) is 0 Å². The van der Waals surface area contributed by atoms with Gasteiger partial charge in [-0.2, -0.15) is 0 Å². The molecule has 2 aromatic heterocycles. The van der Waals surface area contributed by atoms with Gasteiger partial charge in [0.15, 0.2) is 0 Å². The van der Waals surface area contributed by atoms with Gasteiger partial charge in [0.05, 0.1) is 30.9 Å². The molecule has 0 atom stereocenters. The van der Waals surface area contributed by atoms with Crippen LogP contribution in [0.2, 0.25) is 0 Å². The van der Waals surface area contributed by atoms with Crippen LogP contribution in [0.5, 0.6) is 11.5 Å². The molecule has 0 amide bonds. The number of aromatic nitrogens is 2. The highest BCUT2D eigenvalue weighted by molar-refractivity contribution is 7.89. The van der Waals surface area contributed by atoms with Crippen LogP contribution in [0.15, 0.2) is 41.6 Å². The number of fused-ring (bicyclic) bond motifs is 1. The molecule has 8 nitrogen and oxygen atoms in total. The minimum atomic E-state index is -3.37. The Hall–Kier alpha value is -2.91. The fourth-order valence-corrected chi connectivity index (χ4v) is 4.14. The van der Waals surface area contributed by atoms with Gasteiger partial charge in [-0.1, -0.05) is 0 Å². The number of rotatable bonds is 7. The Kier molecular flexibility index (Phi) is 6.14. The molecule has 0 spiro atoms. The lowest BCUT2D eigenvalue weighted by molar-refractivity contribution is 0.371. The van der Waals surface area contributed by atoms with E-state index in [-0.39, 0.29) is 17.9 Å². The standard InChI is InChI=1S/C21H25N3O5S/c1-6-30(26,27)24(3)13-18-19(28-4)9-14(10-20(18)29-5)17-12-23(2)21(25)16-11-22-8-7-15(16)17/h7-12H,6,13H2,1-5H3. The Balaban J connectivity index is 2.22. The molecule has 1 aromatic carbocycles. The summed E-state index contributed by atoms with van der Waals surface area (Å²) >= 11 is 0. The third kappa shape index (κ3) is 3.90. The predicted octanol–water partition coefficient (Wildman–Crippen LogP) is 2.40. The summed E-state index contributed by atoms with van der Waals surface area (Å²) in [6.45, 7) is 1.71. The molecule has 0 aliphatic carbocycles. The number of pyridine rings is 2. The minimum Gasteiger partial charge on any atom is -0.496 e. The van der Waals surface area contributed by atoms with Gasteiger partial charge in [-0.25, -0.2) is 12.7 Å². The first-order chi connectivity index (χ1) is 14.2. The van der Waals surface area contributed by atoms with Crippen LogP contribution in [-0.4, -0.2) is 49.3 Å². The summed E-state index contributed by atoms with van der Waals surface area (Å²) in [5.74, 6) is 1.00. The van der Waals surface area contributed by atoms with Crippen LogP contribution in [0.4, 0.5) is 0 Å². The van der Waals surface area contributed by atoms with Crippen molar-refractivity contribution in [3.63, 3.8) is 0 Å². The van der Waals surface area contributed by atoms with E-state index in [4.69, 9.17) is 9.47 Å². The molecule has 0 aliphatic heterocycles. The maximum atomic E-state index is 12.5. The monoisotopic (exact) mass is 431 g/mol. The SMILES string of the molecule is CCS(=O)(=O)N(C)Cc1c(OC)cc(-c2cn(C)c(=O)c3cnccc23)cc1OC. The van der Waals surface area contributed by atoms with Gasteiger partial charge in [0.25, 0.3) is 5.56 Å². The van der Waals surface area contributed by atoms with Crippen LogP contribution in [-0.2, 0) is 23.6 Å². The molecule has 0 N–H and O–H groups in total. The molecule has 160 valence electrons. The second-order valence-corrected chi connectivity index (χ2v) is 9.26. The lowest BCUT2D eigenvalue weighted by Gasteiger charge is -2.21. The molecule has 3 rings (SSSR count). The highest BCUT2D eigenvalue weighted by Gasteiger charge is 2.22. The van der Waals surface area contributed by atoms with Gasteiger partial charge < -0.3 is 14.0 Å². The van der Waals surface area contributed by atoms with Crippen molar-refractivity contribution in [2.75, 3.05) is 27.0 Å². The van der Waals surface area contributed by atoms with E-state index in [0.717, 1.165) is 16.5 Å². The maximum absolute atomic E-state index is 12.5. The van der Waals surface area contributed by atoms with Crippen LogP contribution >= 0.6 is 0 Å². The van der Waals surface area contributed by atoms with E-state index >= 15 is 0 Å². The third-order valence-corrected chi connectivity index (χ3v) is 6.93. The quantitative estimate of drug-likeness (QED) is 0.571. The number of ether oxygens (including phenoxy) is 2. The largest absolute Gasteiger partial charge is 0.496 e. The second kappa shape index (κ2) is 8.45. The number of sulfonamides is 1. The molecular formula is C21H25N3O5S. The number of hydrogen-bond donors (Lipinski definition) is 0. The van der Waals surface area contributed by atoms with Crippen molar-refractivity contribution in [2.45, 2.75) is 13.5 Å². The van der Waals surface area contributed by atoms with E-state index in [2.05, 4.69) is 4.98 Å². The lowest BCUT2D eigenvalue weighted by atomic mass is 9.99. The summed E-state index contributed by atoms with van der Waals surface area (Å²) in [7, 11) is 2.90. The molecule has 0 bridgehead atoms. The van der Waals surface area contributed by atoms with Crippen molar-refractivity contribution >= 4 is 20.8 Å². The average Bonchev–Trinajstić information content (AvgIpc) is 2.76.